The van der Waals surface area contributed by atoms with E-state index in [4.69, 9.17) is 16.3 Å². The molecule has 138 valence electrons. The molecular weight excluding hydrogens is 356 g/mol. The Labute approximate surface area is 157 Å². The number of anilines is 2. The third-order valence-corrected chi connectivity index (χ3v) is 3.54. The topological polar surface area (TPSA) is 93.2 Å². The van der Waals surface area contributed by atoms with E-state index in [1.165, 1.54) is 13.2 Å². The quantitative estimate of drug-likeness (QED) is 0.793. The van der Waals surface area contributed by atoms with Crippen molar-refractivity contribution in [3.05, 3.63) is 46.4 Å². The van der Waals surface area contributed by atoms with E-state index in [1.807, 2.05) is 20.8 Å². The third-order valence-electron chi connectivity index (χ3n) is 3.21. The fourth-order valence-electron chi connectivity index (χ4n) is 2.16. The van der Waals surface area contributed by atoms with Crippen LogP contribution in [0.2, 0.25) is 5.02 Å². The second-order valence-electron chi connectivity index (χ2n) is 6.70. The minimum atomic E-state index is -0.478. The zero-order valence-corrected chi connectivity index (χ0v) is 16.1. The van der Waals surface area contributed by atoms with Gasteiger partial charge in [0, 0.05) is 11.6 Å². The lowest BCUT2D eigenvalue weighted by atomic mass is 10.1. The molecular formula is C18H21ClN4O3. The van der Waals surface area contributed by atoms with Crippen molar-refractivity contribution in [2.45, 2.75) is 33.2 Å². The first-order valence-electron chi connectivity index (χ1n) is 7.92. The van der Waals surface area contributed by atoms with Crippen LogP contribution in [-0.4, -0.2) is 34.5 Å². The zero-order chi connectivity index (χ0) is 19.5. The predicted octanol–water partition coefficient (Wildman–Crippen LogP) is 3.50. The molecule has 0 unspecified atom stereocenters. The van der Waals surface area contributed by atoms with Crippen LogP contribution in [0.4, 0.5) is 11.5 Å². The van der Waals surface area contributed by atoms with Crippen LogP contribution in [0, 0.1) is 6.92 Å². The number of carbonyl (C=O) groups excluding carboxylic acids is 2. The van der Waals surface area contributed by atoms with Crippen LogP contribution >= 0.6 is 11.6 Å². The molecule has 0 radical (unpaired) electrons. The van der Waals surface area contributed by atoms with E-state index < -0.39 is 5.97 Å². The van der Waals surface area contributed by atoms with Crippen LogP contribution in [0.3, 0.4) is 0 Å². The van der Waals surface area contributed by atoms with Gasteiger partial charge in [-0.05, 0) is 45.9 Å². The van der Waals surface area contributed by atoms with Crippen LogP contribution < -0.4 is 10.6 Å². The fourth-order valence-corrected chi connectivity index (χ4v) is 2.32. The monoisotopic (exact) mass is 376 g/mol. The van der Waals surface area contributed by atoms with Gasteiger partial charge in [0.25, 0.3) is 5.91 Å². The summed E-state index contributed by atoms with van der Waals surface area (Å²) < 4.78 is 4.71. The molecule has 7 nitrogen and oxygen atoms in total. The van der Waals surface area contributed by atoms with Crippen molar-refractivity contribution in [3.8, 4) is 0 Å². The molecule has 0 saturated heterocycles. The molecule has 0 aliphatic carbocycles. The van der Waals surface area contributed by atoms with E-state index in [0.717, 1.165) is 0 Å². The number of methoxy groups -OCH3 is 1. The molecule has 0 fully saturated rings. The van der Waals surface area contributed by atoms with Gasteiger partial charge in [-0.2, -0.15) is 0 Å². The number of amides is 1. The molecule has 1 aromatic carbocycles. The Balaban J connectivity index is 2.33. The average molecular weight is 377 g/mol. The summed E-state index contributed by atoms with van der Waals surface area (Å²) in [6, 6.07) is 6.22. The Kier molecular flexibility index (Phi) is 5.82. The molecule has 0 aliphatic heterocycles. The summed E-state index contributed by atoms with van der Waals surface area (Å²) in [5.74, 6) is 0.0315. The number of nitrogens with zero attached hydrogens (tertiary/aromatic N) is 2. The van der Waals surface area contributed by atoms with Crippen LogP contribution in [-0.2, 0) is 4.74 Å². The summed E-state index contributed by atoms with van der Waals surface area (Å²) in [6.07, 6.45) is 0. The van der Waals surface area contributed by atoms with E-state index in [-0.39, 0.29) is 17.1 Å². The summed E-state index contributed by atoms with van der Waals surface area (Å²) >= 11 is 6.19. The summed E-state index contributed by atoms with van der Waals surface area (Å²) in [5, 5.41) is 6.27. The van der Waals surface area contributed by atoms with Crippen molar-refractivity contribution in [2.75, 3.05) is 12.4 Å². The third kappa shape index (κ3) is 5.16. The molecule has 1 aromatic heterocycles. The molecule has 0 spiro atoms. The molecule has 0 aliphatic rings. The highest BCUT2D eigenvalue weighted by Crippen LogP contribution is 2.26. The van der Waals surface area contributed by atoms with E-state index in [2.05, 4.69) is 20.6 Å². The van der Waals surface area contributed by atoms with Crippen LogP contribution in [0.25, 0.3) is 0 Å². The van der Waals surface area contributed by atoms with Crippen molar-refractivity contribution >= 4 is 35.0 Å². The number of aryl methyl sites for hydroxylation is 1. The van der Waals surface area contributed by atoms with E-state index in [1.54, 1.807) is 25.1 Å². The van der Waals surface area contributed by atoms with E-state index >= 15 is 0 Å². The molecule has 8 heteroatoms. The van der Waals surface area contributed by atoms with Crippen molar-refractivity contribution in [3.63, 3.8) is 0 Å². The lowest BCUT2D eigenvalue weighted by Crippen LogP contribution is -2.41. The Hall–Kier alpha value is -2.67. The zero-order valence-electron chi connectivity index (χ0n) is 15.3. The lowest BCUT2D eigenvalue weighted by Gasteiger charge is -2.20. The average Bonchev–Trinajstić information content (AvgIpc) is 2.54. The Bertz CT molecular complexity index is 847. The standard InChI is InChI=1S/C18H21ClN4O3/c1-10-20-14(16(24)23-18(2,3)4)9-15(21-10)22-13-8-11(17(25)26-5)6-7-12(13)19/h6-9H,1-5H3,(H,23,24)(H,20,21,22). The number of esters is 1. The highest BCUT2D eigenvalue weighted by atomic mass is 35.5. The first-order valence-corrected chi connectivity index (χ1v) is 8.30. The number of nitrogens with one attached hydrogen (secondary N) is 2. The highest BCUT2D eigenvalue weighted by molar-refractivity contribution is 6.33. The number of halogens is 1. The fraction of sp³-hybridized carbons (Fsp3) is 0.333. The molecule has 1 amide bonds. The van der Waals surface area contributed by atoms with Gasteiger partial charge in [-0.3, -0.25) is 4.79 Å². The second-order valence-corrected chi connectivity index (χ2v) is 7.11. The molecule has 2 aromatic rings. The van der Waals surface area contributed by atoms with Crippen LogP contribution in [0.1, 0.15) is 47.4 Å². The maximum Gasteiger partial charge on any atom is 0.337 e. The van der Waals surface area contributed by atoms with Crippen molar-refractivity contribution < 1.29 is 14.3 Å². The van der Waals surface area contributed by atoms with Gasteiger partial charge in [0.05, 0.1) is 23.4 Å². The number of rotatable bonds is 4. The van der Waals surface area contributed by atoms with Crippen molar-refractivity contribution in [2.24, 2.45) is 0 Å². The van der Waals surface area contributed by atoms with Crippen LogP contribution in [0.15, 0.2) is 24.3 Å². The van der Waals surface area contributed by atoms with Gasteiger partial charge in [0.2, 0.25) is 0 Å². The van der Waals surface area contributed by atoms with Crippen molar-refractivity contribution in [1.29, 1.82) is 0 Å². The maximum atomic E-state index is 12.3. The predicted molar refractivity (Wildman–Crippen MR) is 100 cm³/mol. The number of carbonyl (C=O) groups is 2. The number of benzene rings is 1. The Morgan fingerprint density at radius 1 is 1.15 bits per heavy atom. The highest BCUT2D eigenvalue weighted by Gasteiger charge is 2.18. The molecule has 0 atom stereocenters. The molecule has 0 bridgehead atoms. The Morgan fingerprint density at radius 3 is 2.46 bits per heavy atom. The molecule has 0 saturated carbocycles. The molecule has 2 rings (SSSR count). The normalized spacial score (nSPS) is 11.0. The van der Waals surface area contributed by atoms with Gasteiger partial charge >= 0.3 is 5.97 Å². The van der Waals surface area contributed by atoms with Gasteiger partial charge in [-0.25, -0.2) is 14.8 Å². The van der Waals surface area contributed by atoms with Gasteiger partial charge in [-0.1, -0.05) is 11.6 Å². The molecule has 1 heterocycles. The van der Waals surface area contributed by atoms with E-state index in [9.17, 15) is 9.59 Å². The Morgan fingerprint density at radius 2 is 1.85 bits per heavy atom. The second kappa shape index (κ2) is 7.70. The SMILES string of the molecule is COC(=O)c1ccc(Cl)c(Nc2cc(C(=O)NC(C)(C)C)nc(C)n2)c1. The van der Waals surface area contributed by atoms with Gasteiger partial charge in [0.1, 0.15) is 17.3 Å². The first-order chi connectivity index (χ1) is 12.1. The smallest absolute Gasteiger partial charge is 0.337 e. The summed E-state index contributed by atoms with van der Waals surface area (Å²) in [7, 11) is 1.30. The van der Waals surface area contributed by atoms with Gasteiger partial charge in [0.15, 0.2) is 0 Å². The number of aromatic nitrogens is 2. The van der Waals surface area contributed by atoms with E-state index in [0.29, 0.717) is 27.9 Å². The molecule has 26 heavy (non-hydrogen) atoms. The molecule has 2 N–H and O–H groups in total. The number of ether oxygens (including phenoxy) is 1. The van der Waals surface area contributed by atoms with Crippen molar-refractivity contribution in [1.82, 2.24) is 15.3 Å². The summed E-state index contributed by atoms with van der Waals surface area (Å²) in [4.78, 5) is 32.5. The minimum absolute atomic E-state index is 0.232. The summed E-state index contributed by atoms with van der Waals surface area (Å²) in [5.41, 5.74) is 0.655. The maximum absolute atomic E-state index is 12.3. The minimum Gasteiger partial charge on any atom is -0.465 e. The number of hydrogen-bond donors (Lipinski definition) is 2. The first kappa shape index (κ1) is 19.7. The van der Waals surface area contributed by atoms with Gasteiger partial charge < -0.3 is 15.4 Å². The number of hydrogen-bond acceptors (Lipinski definition) is 6. The van der Waals surface area contributed by atoms with Gasteiger partial charge in [-0.15, -0.1) is 0 Å². The van der Waals surface area contributed by atoms with Crippen LogP contribution in [0.5, 0.6) is 0 Å². The lowest BCUT2D eigenvalue weighted by molar-refractivity contribution is 0.0600. The largest absolute Gasteiger partial charge is 0.465 e. The summed E-state index contributed by atoms with van der Waals surface area (Å²) in [6.45, 7) is 7.34.